The van der Waals surface area contributed by atoms with Crippen LogP contribution in [0.2, 0.25) is 0 Å². The summed E-state index contributed by atoms with van der Waals surface area (Å²) in [7, 11) is 0. The summed E-state index contributed by atoms with van der Waals surface area (Å²) < 4.78 is 10.7. The molecule has 0 radical (unpaired) electrons. The lowest BCUT2D eigenvalue weighted by Gasteiger charge is -2.17. The Bertz CT molecular complexity index is 1110. The van der Waals surface area contributed by atoms with Gasteiger partial charge in [-0.2, -0.15) is 0 Å². The molecule has 2 amide bonds. The summed E-state index contributed by atoms with van der Waals surface area (Å²) in [6.45, 7) is 3.66. The smallest absolute Gasteiger partial charge is 0.336 e. The van der Waals surface area contributed by atoms with E-state index in [-0.39, 0.29) is 13.0 Å². The number of benzene rings is 2. The number of ether oxygens (including phenoxy) is 1. The fourth-order valence-corrected chi connectivity index (χ4v) is 3.11. The highest BCUT2D eigenvalue weighted by Gasteiger charge is 2.22. The second kappa shape index (κ2) is 8.60. The van der Waals surface area contributed by atoms with Gasteiger partial charge in [0, 0.05) is 23.4 Å². The summed E-state index contributed by atoms with van der Waals surface area (Å²) in [6.07, 6.45) is 0.235. The molecule has 0 saturated carbocycles. The number of carbonyl (C=O) groups is 2. The maximum absolute atomic E-state index is 12.6. The highest BCUT2D eigenvalue weighted by molar-refractivity contribution is 5.85. The first-order chi connectivity index (χ1) is 13.8. The number of carbonyl (C=O) groups excluding carboxylic acids is 2. The van der Waals surface area contributed by atoms with Crippen molar-refractivity contribution in [1.29, 1.82) is 0 Å². The Morgan fingerprint density at radius 3 is 2.55 bits per heavy atom. The van der Waals surface area contributed by atoms with E-state index in [2.05, 4.69) is 5.32 Å². The van der Waals surface area contributed by atoms with E-state index in [4.69, 9.17) is 14.9 Å². The standard InChI is InChI=1S/C22H22N2O5/c1-13-8-9-17-16(11-19(25)29-20(17)14(13)2)12-28-21(26)18(24-22(23)27)10-15-6-4-3-5-7-15/h3-9,11,18H,10,12H2,1-2H3,(H3,23,24,27)/t18-/m0/s1. The lowest BCUT2D eigenvalue weighted by atomic mass is 10.0. The van der Waals surface area contributed by atoms with E-state index in [1.807, 2.05) is 56.3 Å². The molecule has 1 atom stereocenters. The van der Waals surface area contributed by atoms with Crippen LogP contribution in [0, 0.1) is 13.8 Å². The predicted octanol–water partition coefficient (Wildman–Crippen LogP) is 2.73. The molecule has 0 spiro atoms. The molecule has 0 fully saturated rings. The lowest BCUT2D eigenvalue weighted by Crippen LogP contribution is -2.45. The van der Waals surface area contributed by atoms with E-state index in [0.29, 0.717) is 16.5 Å². The van der Waals surface area contributed by atoms with Gasteiger partial charge in [-0.25, -0.2) is 14.4 Å². The molecule has 150 valence electrons. The molecule has 7 heteroatoms. The number of primary amides is 1. The third-order valence-electron chi connectivity index (χ3n) is 4.77. The van der Waals surface area contributed by atoms with Crippen LogP contribution < -0.4 is 16.7 Å². The molecule has 0 aliphatic heterocycles. The van der Waals surface area contributed by atoms with Crippen LogP contribution in [0.1, 0.15) is 22.3 Å². The summed E-state index contributed by atoms with van der Waals surface area (Å²) in [6, 6.07) is 12.5. The average Bonchev–Trinajstić information content (AvgIpc) is 2.69. The van der Waals surface area contributed by atoms with E-state index < -0.39 is 23.7 Å². The van der Waals surface area contributed by atoms with Gasteiger partial charge < -0.3 is 20.2 Å². The first-order valence-electron chi connectivity index (χ1n) is 9.14. The number of aryl methyl sites for hydroxylation is 2. The van der Waals surface area contributed by atoms with Crippen LogP contribution in [0.25, 0.3) is 11.0 Å². The third-order valence-corrected chi connectivity index (χ3v) is 4.77. The van der Waals surface area contributed by atoms with Crippen LogP contribution in [0.4, 0.5) is 4.79 Å². The average molecular weight is 394 g/mol. The van der Waals surface area contributed by atoms with Crippen LogP contribution >= 0.6 is 0 Å². The van der Waals surface area contributed by atoms with E-state index in [0.717, 1.165) is 16.7 Å². The van der Waals surface area contributed by atoms with Crippen LogP contribution in [0.3, 0.4) is 0 Å². The van der Waals surface area contributed by atoms with Gasteiger partial charge >= 0.3 is 17.6 Å². The summed E-state index contributed by atoms with van der Waals surface area (Å²) in [5.41, 5.74) is 8.38. The summed E-state index contributed by atoms with van der Waals surface area (Å²) in [4.78, 5) is 35.9. The minimum absolute atomic E-state index is 0.130. The summed E-state index contributed by atoms with van der Waals surface area (Å²) in [5, 5.41) is 3.11. The van der Waals surface area contributed by atoms with Crippen molar-refractivity contribution in [3.05, 3.63) is 81.2 Å². The first-order valence-corrected chi connectivity index (χ1v) is 9.14. The number of rotatable bonds is 6. The van der Waals surface area contributed by atoms with Gasteiger partial charge in [0.05, 0.1) is 0 Å². The van der Waals surface area contributed by atoms with E-state index in [9.17, 15) is 14.4 Å². The maximum Gasteiger partial charge on any atom is 0.336 e. The van der Waals surface area contributed by atoms with Gasteiger partial charge in [-0.05, 0) is 30.5 Å². The second-order valence-corrected chi connectivity index (χ2v) is 6.83. The number of nitrogens with two attached hydrogens (primary N) is 1. The minimum Gasteiger partial charge on any atom is -0.459 e. The Morgan fingerprint density at radius 1 is 1.14 bits per heavy atom. The quantitative estimate of drug-likeness (QED) is 0.493. The van der Waals surface area contributed by atoms with Crippen molar-refractivity contribution in [2.75, 3.05) is 0 Å². The molecule has 3 rings (SSSR count). The zero-order valence-electron chi connectivity index (χ0n) is 16.2. The van der Waals surface area contributed by atoms with Crippen LogP contribution in [0.5, 0.6) is 0 Å². The number of hydrogen-bond donors (Lipinski definition) is 2. The van der Waals surface area contributed by atoms with Crippen LogP contribution in [0.15, 0.2) is 57.7 Å². The Balaban J connectivity index is 1.81. The molecule has 3 N–H and O–H groups in total. The Hall–Kier alpha value is -3.61. The fraction of sp³-hybridized carbons (Fsp3) is 0.227. The third kappa shape index (κ3) is 4.82. The summed E-state index contributed by atoms with van der Waals surface area (Å²) >= 11 is 0. The molecule has 1 aromatic heterocycles. The molecule has 7 nitrogen and oxygen atoms in total. The van der Waals surface area contributed by atoms with Crippen molar-refractivity contribution >= 4 is 23.0 Å². The number of fused-ring (bicyclic) bond motifs is 1. The molecule has 0 aliphatic carbocycles. The number of esters is 1. The van der Waals surface area contributed by atoms with Gasteiger partial charge in [-0.15, -0.1) is 0 Å². The minimum atomic E-state index is -0.940. The van der Waals surface area contributed by atoms with Crippen molar-refractivity contribution in [3.63, 3.8) is 0 Å². The number of nitrogens with one attached hydrogen (secondary N) is 1. The van der Waals surface area contributed by atoms with E-state index >= 15 is 0 Å². The predicted molar refractivity (Wildman–Crippen MR) is 108 cm³/mol. The highest BCUT2D eigenvalue weighted by atomic mass is 16.5. The number of amides is 2. The Labute approximate surface area is 167 Å². The SMILES string of the molecule is Cc1ccc2c(COC(=O)[C@H](Cc3ccccc3)NC(N)=O)cc(=O)oc2c1C. The molecule has 1 heterocycles. The molecule has 3 aromatic rings. The molecule has 0 saturated heterocycles. The van der Waals surface area contributed by atoms with Gasteiger partial charge in [0.2, 0.25) is 0 Å². The van der Waals surface area contributed by atoms with Crippen LogP contribution in [-0.2, 0) is 22.6 Å². The topological polar surface area (TPSA) is 112 Å². The highest BCUT2D eigenvalue weighted by Crippen LogP contribution is 2.23. The van der Waals surface area contributed by atoms with E-state index in [1.54, 1.807) is 0 Å². The molecular weight excluding hydrogens is 372 g/mol. The van der Waals surface area contributed by atoms with Gasteiger partial charge in [0.15, 0.2) is 0 Å². The first kappa shape index (κ1) is 20.1. The van der Waals surface area contributed by atoms with E-state index in [1.165, 1.54) is 6.07 Å². The Morgan fingerprint density at radius 2 is 1.86 bits per heavy atom. The molecule has 0 aliphatic rings. The normalized spacial score (nSPS) is 11.8. The number of urea groups is 1. The lowest BCUT2D eigenvalue weighted by molar-refractivity contribution is -0.147. The van der Waals surface area contributed by atoms with Gasteiger partial charge in [-0.1, -0.05) is 42.5 Å². The molecule has 2 aromatic carbocycles. The van der Waals surface area contributed by atoms with Crippen molar-refractivity contribution < 1.29 is 18.7 Å². The van der Waals surface area contributed by atoms with Gasteiger partial charge in [0.1, 0.15) is 18.2 Å². The van der Waals surface area contributed by atoms with Gasteiger partial charge in [-0.3, -0.25) is 0 Å². The van der Waals surface area contributed by atoms with Gasteiger partial charge in [0.25, 0.3) is 0 Å². The van der Waals surface area contributed by atoms with Crippen molar-refractivity contribution in [1.82, 2.24) is 5.32 Å². The molecule has 0 unspecified atom stereocenters. The van der Waals surface area contributed by atoms with Crippen molar-refractivity contribution in [3.8, 4) is 0 Å². The second-order valence-electron chi connectivity index (χ2n) is 6.83. The largest absolute Gasteiger partial charge is 0.459 e. The maximum atomic E-state index is 12.6. The monoisotopic (exact) mass is 394 g/mol. The molecular formula is C22H22N2O5. The zero-order chi connectivity index (χ0) is 21.0. The van der Waals surface area contributed by atoms with Crippen molar-refractivity contribution in [2.24, 2.45) is 5.73 Å². The van der Waals surface area contributed by atoms with Crippen LogP contribution in [-0.4, -0.2) is 18.0 Å². The summed E-state index contributed by atoms with van der Waals surface area (Å²) in [5.74, 6) is -0.641. The Kier molecular flexibility index (Phi) is 5.97. The zero-order valence-corrected chi connectivity index (χ0v) is 16.2. The molecule has 29 heavy (non-hydrogen) atoms. The molecule has 0 bridgehead atoms. The van der Waals surface area contributed by atoms with Crippen molar-refractivity contribution in [2.45, 2.75) is 32.9 Å². The number of hydrogen-bond acceptors (Lipinski definition) is 5. The fourth-order valence-electron chi connectivity index (χ4n) is 3.11.